The molecule has 0 radical (unpaired) electrons. The van der Waals surface area contributed by atoms with E-state index in [2.05, 4.69) is 17.2 Å². The molecule has 41 heavy (non-hydrogen) atoms. The van der Waals surface area contributed by atoms with Crippen LogP contribution >= 0.6 is 23.2 Å². The highest BCUT2D eigenvalue weighted by Gasteiger charge is 2.36. The number of nitrogens with two attached hydrogens (primary N) is 1. The lowest BCUT2D eigenvalue weighted by Gasteiger charge is -2.20. The molecule has 7 nitrogen and oxygen atoms in total. The molecule has 0 bridgehead atoms. The van der Waals surface area contributed by atoms with Crippen molar-refractivity contribution in [3.05, 3.63) is 68.6 Å². The largest absolute Gasteiger partial charge is 0.495 e. The van der Waals surface area contributed by atoms with E-state index in [0.29, 0.717) is 47.2 Å². The van der Waals surface area contributed by atoms with Crippen LogP contribution in [0.5, 0.6) is 11.5 Å². The van der Waals surface area contributed by atoms with Crippen molar-refractivity contribution in [1.82, 2.24) is 10.3 Å². The van der Waals surface area contributed by atoms with Crippen LogP contribution in [0.3, 0.4) is 0 Å². The number of aliphatic imine (C=N–C) groups is 1. The van der Waals surface area contributed by atoms with Crippen molar-refractivity contribution in [2.24, 2.45) is 10.9 Å². The number of carbonyl (C=O) groups excluding carboxylic acids is 1. The molecule has 1 aliphatic heterocycles. The summed E-state index contributed by atoms with van der Waals surface area (Å²) >= 11 is 12.6. The van der Waals surface area contributed by atoms with Crippen molar-refractivity contribution < 1.29 is 23.0 Å². The third kappa shape index (κ3) is 5.97. The zero-order valence-electron chi connectivity index (χ0n) is 22.8. The summed E-state index contributed by atoms with van der Waals surface area (Å²) in [7, 11) is 1.44. The molecule has 1 fully saturated rings. The lowest BCUT2D eigenvalue weighted by atomic mass is 9.93. The molecule has 2 heterocycles. The number of amides is 1. The van der Waals surface area contributed by atoms with Crippen LogP contribution in [0, 0.1) is 11.7 Å². The minimum absolute atomic E-state index is 0.0664. The van der Waals surface area contributed by atoms with Crippen molar-refractivity contribution in [1.29, 1.82) is 0 Å². The molecular formula is C30H30Cl2F2N4O3. The van der Waals surface area contributed by atoms with E-state index in [1.165, 1.54) is 32.4 Å². The molecule has 1 saturated carbocycles. The first-order valence-electron chi connectivity index (χ1n) is 13.3. The Kier molecular flexibility index (Phi) is 8.38. The number of ether oxygens (including phenoxy) is 2. The molecule has 11 heteroatoms. The van der Waals surface area contributed by atoms with Gasteiger partial charge in [-0.05, 0) is 56.0 Å². The van der Waals surface area contributed by atoms with Gasteiger partial charge in [-0.25, -0.2) is 13.8 Å². The molecule has 2 aromatic carbocycles. The van der Waals surface area contributed by atoms with E-state index in [0.717, 1.165) is 24.1 Å². The van der Waals surface area contributed by atoms with Gasteiger partial charge in [-0.1, -0.05) is 30.1 Å². The summed E-state index contributed by atoms with van der Waals surface area (Å²) in [6.45, 7) is 4.16. The second kappa shape index (κ2) is 11.8. The van der Waals surface area contributed by atoms with Gasteiger partial charge < -0.3 is 20.5 Å². The number of nitrogens with zero attached hydrogens (tertiary/aromatic N) is 2. The highest BCUT2D eigenvalue weighted by atomic mass is 35.5. The van der Waals surface area contributed by atoms with E-state index in [4.69, 9.17) is 43.4 Å². The Hall–Kier alpha value is -3.43. The van der Waals surface area contributed by atoms with Gasteiger partial charge in [-0.3, -0.25) is 9.79 Å². The fraction of sp³-hybridized carbons (Fsp3) is 0.367. The molecule has 216 valence electrons. The minimum atomic E-state index is -1.42. The van der Waals surface area contributed by atoms with E-state index in [-0.39, 0.29) is 39.2 Å². The number of nitrogen functional groups attached to an aromatic ring is 1. The number of fused-ring (bicyclic) bond motifs is 1. The summed E-state index contributed by atoms with van der Waals surface area (Å²) in [5.74, 6) is 0.289. The Morgan fingerprint density at radius 3 is 2.73 bits per heavy atom. The van der Waals surface area contributed by atoms with Crippen molar-refractivity contribution in [3.63, 3.8) is 0 Å². The van der Waals surface area contributed by atoms with Gasteiger partial charge in [0.2, 0.25) is 0 Å². The Morgan fingerprint density at radius 2 is 2.05 bits per heavy atom. The topological polar surface area (TPSA) is 98.8 Å². The number of nitrogens with one attached hydrogen (secondary N) is 1. The van der Waals surface area contributed by atoms with Crippen molar-refractivity contribution in [2.45, 2.75) is 44.8 Å². The number of carbonyl (C=O) groups is 1. The Labute approximate surface area is 247 Å². The molecule has 3 aromatic rings. The number of pyridine rings is 1. The average molecular weight is 603 g/mol. The van der Waals surface area contributed by atoms with E-state index in [9.17, 15) is 13.6 Å². The molecule has 1 aliphatic carbocycles. The molecule has 0 spiro atoms. The summed E-state index contributed by atoms with van der Waals surface area (Å²) in [6.07, 6.45) is 1.87. The maximum absolute atomic E-state index is 14.1. The Bertz CT molecular complexity index is 1530. The van der Waals surface area contributed by atoms with Crippen molar-refractivity contribution in [2.75, 3.05) is 26.0 Å². The maximum atomic E-state index is 14.1. The van der Waals surface area contributed by atoms with Gasteiger partial charge in [0.1, 0.15) is 23.0 Å². The Balaban J connectivity index is 1.47. The van der Waals surface area contributed by atoms with Gasteiger partial charge in [0.05, 0.1) is 29.4 Å². The van der Waals surface area contributed by atoms with Crippen molar-refractivity contribution >= 4 is 41.0 Å². The highest BCUT2D eigenvalue weighted by molar-refractivity contribution is 6.43. The molecule has 3 atom stereocenters. The fourth-order valence-corrected chi connectivity index (χ4v) is 5.43. The molecule has 0 saturated heterocycles. The zero-order chi connectivity index (χ0) is 29.4. The molecule has 3 N–H and O–H groups in total. The van der Waals surface area contributed by atoms with Crippen LogP contribution in [-0.4, -0.2) is 43.7 Å². The summed E-state index contributed by atoms with van der Waals surface area (Å²) < 4.78 is 38.7. The second-order valence-electron chi connectivity index (χ2n) is 10.4. The first kappa shape index (κ1) is 29.1. The fourth-order valence-electron chi connectivity index (χ4n) is 5.02. The van der Waals surface area contributed by atoms with Crippen LogP contribution in [0.2, 0.25) is 10.0 Å². The quantitative estimate of drug-likeness (QED) is 0.120. The lowest BCUT2D eigenvalue weighted by Crippen LogP contribution is -2.30. The van der Waals surface area contributed by atoms with E-state index >= 15 is 0 Å². The number of benzene rings is 2. The van der Waals surface area contributed by atoms with Crippen LogP contribution in [0.4, 0.5) is 14.5 Å². The highest BCUT2D eigenvalue weighted by Crippen LogP contribution is 2.48. The van der Waals surface area contributed by atoms with Crippen LogP contribution in [0.15, 0.2) is 35.3 Å². The normalized spacial score (nSPS) is 17.7. The van der Waals surface area contributed by atoms with Crippen LogP contribution < -0.4 is 20.5 Å². The van der Waals surface area contributed by atoms with Gasteiger partial charge in [0.15, 0.2) is 6.30 Å². The van der Waals surface area contributed by atoms with E-state index in [1.807, 2.05) is 6.07 Å². The molecule has 1 amide bonds. The third-order valence-electron chi connectivity index (χ3n) is 7.45. The van der Waals surface area contributed by atoms with Crippen LogP contribution in [-0.2, 0) is 0 Å². The minimum Gasteiger partial charge on any atom is -0.495 e. The predicted molar refractivity (Wildman–Crippen MR) is 157 cm³/mol. The third-order valence-corrected chi connectivity index (χ3v) is 8.31. The van der Waals surface area contributed by atoms with Gasteiger partial charge in [0, 0.05) is 52.5 Å². The number of methoxy groups -OCH3 is 1. The summed E-state index contributed by atoms with van der Waals surface area (Å²) in [5, 5.41) is 2.92. The zero-order valence-corrected chi connectivity index (χ0v) is 24.3. The standard InChI is InChI=1S/C30H30Cl2F2N4O3/c1-14-13-41-29-20(14)10-23(38-28(29)19-6-7-22(34)26(32)25(19)31)21(16-4-5-16)12-37-30(39)17-8-18(11-36-15(2)33)27(35)24(9-17)40-3/h6-11,14-16,21H,4-5,12-13,35H2,1-3H3,(H,37,39)/b36-11+. The average Bonchev–Trinajstić information content (AvgIpc) is 3.72. The van der Waals surface area contributed by atoms with E-state index in [1.54, 1.807) is 12.1 Å². The smallest absolute Gasteiger partial charge is 0.251 e. The van der Waals surface area contributed by atoms with Crippen LogP contribution in [0.1, 0.15) is 65.7 Å². The van der Waals surface area contributed by atoms with Gasteiger partial charge in [-0.15, -0.1) is 0 Å². The number of rotatable bonds is 9. The number of hydrogen-bond donors (Lipinski definition) is 2. The number of hydrogen-bond acceptors (Lipinski definition) is 6. The maximum Gasteiger partial charge on any atom is 0.251 e. The summed E-state index contributed by atoms with van der Waals surface area (Å²) in [5.41, 5.74) is 9.80. The lowest BCUT2D eigenvalue weighted by molar-refractivity contribution is 0.0949. The summed E-state index contributed by atoms with van der Waals surface area (Å²) in [6, 6.07) is 7.93. The molecule has 3 unspecified atom stereocenters. The second-order valence-corrected chi connectivity index (χ2v) is 11.2. The van der Waals surface area contributed by atoms with Crippen molar-refractivity contribution in [3.8, 4) is 22.8 Å². The van der Waals surface area contributed by atoms with Gasteiger partial charge >= 0.3 is 0 Å². The number of alkyl halides is 1. The molecule has 5 rings (SSSR count). The van der Waals surface area contributed by atoms with E-state index < -0.39 is 12.1 Å². The SMILES string of the molecule is COc1cc(C(=O)NCC(c2cc3c(c(-c4ccc(F)c(Cl)c4Cl)n2)OCC3C)C2CC2)cc(/C=N/C(C)F)c1N. The number of halogens is 4. The number of aromatic nitrogens is 1. The Morgan fingerprint density at radius 1 is 1.29 bits per heavy atom. The molecule has 2 aliphatic rings. The molecular weight excluding hydrogens is 573 g/mol. The van der Waals surface area contributed by atoms with Crippen LogP contribution in [0.25, 0.3) is 11.3 Å². The summed E-state index contributed by atoms with van der Waals surface area (Å²) in [4.78, 5) is 22.0. The monoisotopic (exact) mass is 602 g/mol. The molecule has 1 aromatic heterocycles. The van der Waals surface area contributed by atoms with Gasteiger partial charge in [0.25, 0.3) is 5.91 Å². The number of anilines is 1. The van der Waals surface area contributed by atoms with Gasteiger partial charge in [-0.2, -0.15) is 0 Å². The first-order chi connectivity index (χ1) is 19.6. The predicted octanol–water partition coefficient (Wildman–Crippen LogP) is 6.94. The first-order valence-corrected chi connectivity index (χ1v) is 14.1.